The molecule has 26 heavy (non-hydrogen) atoms. The normalized spacial score (nSPS) is 15.6. The number of benzene rings is 1. The van der Waals surface area contributed by atoms with E-state index in [0.717, 1.165) is 23.4 Å². The van der Waals surface area contributed by atoms with Crippen LogP contribution in [-0.2, 0) is 11.3 Å². The lowest BCUT2D eigenvalue weighted by Gasteiger charge is -2.13. The van der Waals surface area contributed by atoms with Crippen LogP contribution in [0.3, 0.4) is 0 Å². The van der Waals surface area contributed by atoms with Crippen molar-refractivity contribution in [2.75, 3.05) is 0 Å². The van der Waals surface area contributed by atoms with Gasteiger partial charge in [0.05, 0.1) is 6.54 Å². The molecule has 0 radical (unpaired) electrons. The van der Waals surface area contributed by atoms with Crippen LogP contribution in [0.15, 0.2) is 69.6 Å². The van der Waals surface area contributed by atoms with E-state index in [1.165, 1.54) is 11.1 Å². The van der Waals surface area contributed by atoms with E-state index in [-0.39, 0.29) is 6.04 Å². The number of nitrogens with one attached hydrogen (secondary N) is 1. The second-order valence-electron chi connectivity index (χ2n) is 6.46. The Morgan fingerprint density at radius 3 is 2.73 bits per heavy atom. The third kappa shape index (κ3) is 4.43. The molecule has 0 fully saturated rings. The molecule has 0 aliphatic heterocycles. The van der Waals surface area contributed by atoms with Crippen LogP contribution in [0, 0.1) is 6.92 Å². The molecule has 4 heteroatoms. The van der Waals surface area contributed by atoms with Gasteiger partial charge in [0.25, 0.3) is 0 Å². The van der Waals surface area contributed by atoms with Crippen molar-refractivity contribution in [3.63, 3.8) is 0 Å². The van der Waals surface area contributed by atoms with Crippen LogP contribution >= 0.6 is 11.6 Å². The minimum absolute atomic E-state index is 0.226. The van der Waals surface area contributed by atoms with Gasteiger partial charge in [0.15, 0.2) is 6.29 Å². The maximum absolute atomic E-state index is 11.2. The molecule has 1 N–H and O–H groups in total. The Bertz CT molecular complexity index is 872. The van der Waals surface area contributed by atoms with Crippen LogP contribution in [0.4, 0.5) is 0 Å². The standard InChI is InChI=1S/C22H22ClNO2/c1-15-6-8-17(9-7-15)16(2)24-13-20-10-11-22(26-20)18-4-3-5-21(23)19(12-18)14-25/h3-4,6-12,14,16,24H,5,13H2,1-2H3. The first-order valence-corrected chi connectivity index (χ1v) is 9.05. The lowest BCUT2D eigenvalue weighted by molar-refractivity contribution is -0.104. The highest BCUT2D eigenvalue weighted by Crippen LogP contribution is 2.27. The highest BCUT2D eigenvalue weighted by molar-refractivity contribution is 6.31. The molecule has 1 aromatic carbocycles. The third-order valence-electron chi connectivity index (χ3n) is 4.45. The molecule has 1 heterocycles. The second-order valence-corrected chi connectivity index (χ2v) is 6.92. The largest absolute Gasteiger partial charge is 0.460 e. The van der Waals surface area contributed by atoms with E-state index in [9.17, 15) is 4.79 Å². The number of carbonyl (C=O) groups excluding carboxylic acids is 1. The summed E-state index contributed by atoms with van der Waals surface area (Å²) < 4.78 is 5.95. The Kier molecular flexibility index (Phi) is 5.92. The molecule has 2 aromatic rings. The number of aldehydes is 1. The molecular weight excluding hydrogens is 346 g/mol. The van der Waals surface area contributed by atoms with Crippen LogP contribution < -0.4 is 5.32 Å². The molecular formula is C22H22ClNO2. The van der Waals surface area contributed by atoms with Crippen molar-refractivity contribution in [2.45, 2.75) is 32.9 Å². The maximum atomic E-state index is 11.2. The molecule has 0 bridgehead atoms. The number of allylic oxidation sites excluding steroid dienone is 6. The predicted molar refractivity (Wildman–Crippen MR) is 106 cm³/mol. The van der Waals surface area contributed by atoms with E-state index >= 15 is 0 Å². The van der Waals surface area contributed by atoms with Crippen LogP contribution in [0.1, 0.15) is 42.0 Å². The van der Waals surface area contributed by atoms with Crippen LogP contribution in [-0.4, -0.2) is 6.29 Å². The maximum Gasteiger partial charge on any atom is 0.151 e. The van der Waals surface area contributed by atoms with Crippen LogP contribution in [0.5, 0.6) is 0 Å². The van der Waals surface area contributed by atoms with Gasteiger partial charge in [-0.3, -0.25) is 4.79 Å². The number of carbonyl (C=O) groups is 1. The highest BCUT2D eigenvalue weighted by atomic mass is 35.5. The Hall–Kier alpha value is -2.36. The summed E-state index contributed by atoms with van der Waals surface area (Å²) in [6.07, 6.45) is 6.97. The Balaban J connectivity index is 1.68. The van der Waals surface area contributed by atoms with Gasteiger partial charge >= 0.3 is 0 Å². The van der Waals surface area contributed by atoms with Gasteiger partial charge in [-0.2, -0.15) is 0 Å². The lowest BCUT2D eigenvalue weighted by Crippen LogP contribution is -2.17. The fourth-order valence-electron chi connectivity index (χ4n) is 2.81. The molecule has 0 saturated heterocycles. The van der Waals surface area contributed by atoms with E-state index in [1.807, 2.05) is 24.3 Å². The minimum Gasteiger partial charge on any atom is -0.460 e. The first-order chi connectivity index (χ1) is 12.6. The molecule has 3 nitrogen and oxygen atoms in total. The van der Waals surface area contributed by atoms with E-state index < -0.39 is 0 Å². The third-order valence-corrected chi connectivity index (χ3v) is 4.82. The topological polar surface area (TPSA) is 42.2 Å². The minimum atomic E-state index is 0.226. The van der Waals surface area contributed by atoms with Crippen LogP contribution in [0.25, 0.3) is 5.57 Å². The van der Waals surface area contributed by atoms with Gasteiger partial charge in [-0.15, -0.1) is 0 Å². The molecule has 134 valence electrons. The second kappa shape index (κ2) is 8.35. The van der Waals surface area contributed by atoms with Crippen molar-refractivity contribution in [3.8, 4) is 0 Å². The number of rotatable bonds is 6. The Morgan fingerprint density at radius 2 is 2.00 bits per heavy atom. The van der Waals surface area contributed by atoms with Gasteiger partial charge in [0, 0.05) is 28.6 Å². The zero-order valence-electron chi connectivity index (χ0n) is 15.0. The van der Waals surface area contributed by atoms with E-state index in [0.29, 0.717) is 23.6 Å². The van der Waals surface area contributed by atoms with E-state index in [2.05, 4.69) is 43.4 Å². The summed E-state index contributed by atoms with van der Waals surface area (Å²) in [5.74, 6) is 1.58. The quantitative estimate of drug-likeness (QED) is 0.688. The summed E-state index contributed by atoms with van der Waals surface area (Å²) in [6, 6.07) is 12.6. The van der Waals surface area contributed by atoms with Gasteiger partial charge in [0.2, 0.25) is 0 Å². The lowest BCUT2D eigenvalue weighted by atomic mass is 10.1. The van der Waals surface area contributed by atoms with Crippen molar-refractivity contribution in [3.05, 3.63) is 87.9 Å². The van der Waals surface area contributed by atoms with Crippen molar-refractivity contribution >= 4 is 23.5 Å². The molecule has 3 rings (SSSR count). The molecule has 1 unspecified atom stereocenters. The number of hydrogen-bond donors (Lipinski definition) is 1. The Morgan fingerprint density at radius 1 is 1.23 bits per heavy atom. The summed E-state index contributed by atoms with van der Waals surface area (Å²) in [6.45, 7) is 4.85. The Labute approximate surface area is 159 Å². The predicted octanol–water partition coefficient (Wildman–Crippen LogP) is 5.47. The van der Waals surface area contributed by atoms with Crippen molar-refractivity contribution in [2.24, 2.45) is 0 Å². The van der Waals surface area contributed by atoms with Gasteiger partial charge in [0.1, 0.15) is 11.5 Å². The summed E-state index contributed by atoms with van der Waals surface area (Å²) in [5, 5.41) is 4.02. The number of furan rings is 1. The fraction of sp³-hybridized carbons (Fsp3) is 0.227. The summed E-state index contributed by atoms with van der Waals surface area (Å²) in [7, 11) is 0. The summed E-state index contributed by atoms with van der Waals surface area (Å²) in [4.78, 5) is 11.2. The van der Waals surface area contributed by atoms with Gasteiger partial charge < -0.3 is 9.73 Å². The van der Waals surface area contributed by atoms with Crippen molar-refractivity contribution in [1.82, 2.24) is 5.32 Å². The molecule has 0 amide bonds. The first kappa shape index (κ1) is 18.4. The van der Waals surface area contributed by atoms with Crippen LogP contribution in [0.2, 0.25) is 0 Å². The number of aryl methyl sites for hydroxylation is 1. The van der Waals surface area contributed by atoms with Crippen molar-refractivity contribution < 1.29 is 9.21 Å². The first-order valence-electron chi connectivity index (χ1n) is 8.68. The molecule has 0 spiro atoms. The monoisotopic (exact) mass is 367 g/mol. The van der Waals surface area contributed by atoms with E-state index in [4.69, 9.17) is 16.0 Å². The van der Waals surface area contributed by atoms with Crippen molar-refractivity contribution in [1.29, 1.82) is 0 Å². The van der Waals surface area contributed by atoms with Gasteiger partial charge in [-0.1, -0.05) is 53.6 Å². The molecule has 1 aromatic heterocycles. The molecule has 1 aliphatic rings. The molecule has 0 saturated carbocycles. The number of halogens is 1. The number of hydrogen-bond acceptors (Lipinski definition) is 3. The zero-order chi connectivity index (χ0) is 18.5. The summed E-state index contributed by atoms with van der Waals surface area (Å²) >= 11 is 6.11. The average Bonchev–Trinajstić information content (AvgIpc) is 3.03. The smallest absolute Gasteiger partial charge is 0.151 e. The van der Waals surface area contributed by atoms with Gasteiger partial charge in [-0.25, -0.2) is 0 Å². The highest BCUT2D eigenvalue weighted by Gasteiger charge is 2.12. The molecule has 1 aliphatic carbocycles. The molecule has 1 atom stereocenters. The van der Waals surface area contributed by atoms with E-state index in [1.54, 1.807) is 6.08 Å². The SMILES string of the molecule is Cc1ccc(C(C)NCc2ccc(C3=CC(C=O)=C(Cl)CC=C3)o2)cc1. The average molecular weight is 368 g/mol. The zero-order valence-corrected chi connectivity index (χ0v) is 15.7. The summed E-state index contributed by atoms with van der Waals surface area (Å²) in [5.41, 5.74) is 3.84. The van der Waals surface area contributed by atoms with Gasteiger partial charge in [-0.05, 0) is 37.6 Å². The fourth-order valence-corrected chi connectivity index (χ4v) is 3.00.